The van der Waals surface area contributed by atoms with E-state index in [1.54, 1.807) is 0 Å². The summed E-state index contributed by atoms with van der Waals surface area (Å²) in [7, 11) is 0. The number of hydrogen-bond donors (Lipinski definition) is 2. The van der Waals surface area contributed by atoms with Crippen LogP contribution >= 0.6 is 12.4 Å². The van der Waals surface area contributed by atoms with Crippen molar-refractivity contribution < 1.29 is 4.79 Å². The summed E-state index contributed by atoms with van der Waals surface area (Å²) in [6.07, 6.45) is 0.913. The van der Waals surface area contributed by atoms with E-state index in [4.69, 9.17) is 5.73 Å². The van der Waals surface area contributed by atoms with Crippen LogP contribution in [0.25, 0.3) is 0 Å². The summed E-state index contributed by atoms with van der Waals surface area (Å²) in [5.74, 6) is 0.150. The molecule has 0 radical (unpaired) electrons. The molecule has 0 aromatic heterocycles. The maximum atomic E-state index is 12.1. The molecule has 2 atom stereocenters. The highest BCUT2D eigenvalue weighted by Gasteiger charge is 2.24. The second kappa shape index (κ2) is 8.40. The topological polar surface area (TPSA) is 55.1 Å². The lowest BCUT2D eigenvalue weighted by Gasteiger charge is -2.27. The van der Waals surface area contributed by atoms with Crippen molar-refractivity contribution in [3.05, 3.63) is 35.4 Å². The molecule has 0 spiro atoms. The van der Waals surface area contributed by atoms with Crippen molar-refractivity contribution in [3.63, 3.8) is 0 Å². The molecule has 0 fully saturated rings. The highest BCUT2D eigenvalue weighted by atomic mass is 35.5. The third-order valence-corrected chi connectivity index (χ3v) is 4.06. The van der Waals surface area contributed by atoms with Gasteiger partial charge in [0.05, 0.1) is 6.04 Å². The number of aryl methyl sites for hydroxylation is 1. The van der Waals surface area contributed by atoms with Crippen LogP contribution in [0.15, 0.2) is 24.3 Å². The number of carbonyl (C=O) groups excluding carboxylic acids is 1. The van der Waals surface area contributed by atoms with E-state index in [1.807, 2.05) is 6.92 Å². The Morgan fingerprint density at radius 2 is 2.00 bits per heavy atom. The first-order valence-corrected chi connectivity index (χ1v) is 7.38. The zero-order valence-electron chi connectivity index (χ0n) is 13.8. The van der Waals surface area contributed by atoms with E-state index in [2.05, 4.69) is 57.3 Å². The van der Waals surface area contributed by atoms with Crippen molar-refractivity contribution in [2.75, 3.05) is 6.54 Å². The average Bonchev–Trinajstić information content (AvgIpc) is 2.43. The summed E-state index contributed by atoms with van der Waals surface area (Å²) in [4.78, 5) is 12.1. The Kier molecular flexibility index (Phi) is 7.98. The lowest BCUT2D eigenvalue weighted by Crippen LogP contribution is -2.47. The predicted molar refractivity (Wildman–Crippen MR) is 91.9 cm³/mol. The van der Waals surface area contributed by atoms with Crippen LogP contribution in [0.4, 0.5) is 0 Å². The number of amides is 1. The van der Waals surface area contributed by atoms with Gasteiger partial charge in [-0.15, -0.1) is 12.4 Å². The number of benzene rings is 1. The monoisotopic (exact) mass is 312 g/mol. The Labute approximate surface area is 135 Å². The lowest BCUT2D eigenvalue weighted by atomic mass is 9.83. The molecule has 1 amide bonds. The van der Waals surface area contributed by atoms with Gasteiger partial charge in [0.25, 0.3) is 0 Å². The van der Waals surface area contributed by atoms with Gasteiger partial charge in [0, 0.05) is 12.0 Å². The zero-order chi connectivity index (χ0) is 15.3. The van der Waals surface area contributed by atoms with Gasteiger partial charge in [-0.3, -0.25) is 4.79 Å². The third kappa shape index (κ3) is 5.68. The van der Waals surface area contributed by atoms with Crippen LogP contribution in [-0.2, 0) is 10.2 Å². The van der Waals surface area contributed by atoms with Gasteiger partial charge in [-0.1, -0.05) is 63.9 Å². The first kappa shape index (κ1) is 19.9. The second-order valence-corrected chi connectivity index (χ2v) is 6.38. The molecule has 1 rings (SSSR count). The molecule has 1 aromatic carbocycles. The Balaban J connectivity index is 0.00000400. The molecule has 0 saturated carbocycles. The summed E-state index contributed by atoms with van der Waals surface area (Å²) >= 11 is 0. The van der Waals surface area contributed by atoms with Crippen LogP contribution in [0, 0.1) is 12.8 Å². The quantitative estimate of drug-likeness (QED) is 0.847. The van der Waals surface area contributed by atoms with Gasteiger partial charge in [0.1, 0.15) is 0 Å². The van der Waals surface area contributed by atoms with Gasteiger partial charge in [0.2, 0.25) is 5.91 Å². The van der Waals surface area contributed by atoms with Gasteiger partial charge < -0.3 is 11.1 Å². The molecular formula is C17H29ClN2O. The molecule has 0 bridgehead atoms. The van der Waals surface area contributed by atoms with Crippen LogP contribution in [0.2, 0.25) is 0 Å². The van der Waals surface area contributed by atoms with Crippen molar-refractivity contribution in [3.8, 4) is 0 Å². The fraction of sp³-hybridized carbons (Fsp3) is 0.588. The number of nitrogens with two attached hydrogens (primary N) is 1. The number of carbonyl (C=O) groups is 1. The van der Waals surface area contributed by atoms with Crippen LogP contribution in [0.3, 0.4) is 0 Å². The van der Waals surface area contributed by atoms with E-state index in [9.17, 15) is 4.79 Å². The Hall–Kier alpha value is -1.06. The van der Waals surface area contributed by atoms with E-state index >= 15 is 0 Å². The lowest BCUT2D eigenvalue weighted by molar-refractivity contribution is -0.123. The normalized spacial score (nSPS) is 14.0. The summed E-state index contributed by atoms with van der Waals surface area (Å²) in [5.41, 5.74) is 8.32. The fourth-order valence-corrected chi connectivity index (χ4v) is 2.11. The van der Waals surface area contributed by atoms with E-state index in [0.29, 0.717) is 6.54 Å². The highest BCUT2D eigenvalue weighted by Crippen LogP contribution is 2.23. The first-order valence-electron chi connectivity index (χ1n) is 7.38. The van der Waals surface area contributed by atoms with E-state index < -0.39 is 6.04 Å². The maximum Gasteiger partial charge on any atom is 0.237 e. The van der Waals surface area contributed by atoms with Gasteiger partial charge in [-0.25, -0.2) is 0 Å². The zero-order valence-corrected chi connectivity index (χ0v) is 14.6. The molecule has 0 aliphatic rings. The molecular weight excluding hydrogens is 284 g/mol. The predicted octanol–water partition coefficient (Wildman–Crippen LogP) is 3.18. The Morgan fingerprint density at radius 3 is 2.52 bits per heavy atom. The van der Waals surface area contributed by atoms with Crippen LogP contribution in [0.5, 0.6) is 0 Å². The summed E-state index contributed by atoms with van der Waals surface area (Å²) < 4.78 is 0. The molecule has 2 unspecified atom stereocenters. The maximum absolute atomic E-state index is 12.1. The van der Waals surface area contributed by atoms with Crippen LogP contribution < -0.4 is 11.1 Å². The smallest absolute Gasteiger partial charge is 0.237 e. The first-order chi connectivity index (χ1) is 9.27. The Morgan fingerprint density at radius 1 is 1.38 bits per heavy atom. The Bertz CT molecular complexity index is 460. The highest BCUT2D eigenvalue weighted by molar-refractivity contribution is 5.85. The van der Waals surface area contributed by atoms with Crippen molar-refractivity contribution in [2.45, 2.75) is 52.5 Å². The summed E-state index contributed by atoms with van der Waals surface area (Å²) in [6.45, 7) is 11.0. The van der Waals surface area contributed by atoms with Gasteiger partial charge >= 0.3 is 0 Å². The number of nitrogens with one attached hydrogen (secondary N) is 1. The molecule has 21 heavy (non-hydrogen) atoms. The minimum Gasteiger partial charge on any atom is -0.354 e. The van der Waals surface area contributed by atoms with E-state index in [-0.39, 0.29) is 29.6 Å². The van der Waals surface area contributed by atoms with E-state index in [0.717, 1.165) is 6.42 Å². The van der Waals surface area contributed by atoms with E-state index in [1.165, 1.54) is 11.1 Å². The van der Waals surface area contributed by atoms with Crippen molar-refractivity contribution in [1.29, 1.82) is 0 Å². The molecule has 0 heterocycles. The largest absolute Gasteiger partial charge is 0.354 e. The minimum absolute atomic E-state index is 0. The van der Waals surface area contributed by atoms with Gasteiger partial charge in [-0.2, -0.15) is 0 Å². The molecule has 120 valence electrons. The molecule has 1 aromatic rings. The molecule has 0 aliphatic heterocycles. The standard InChI is InChI=1S/C17H28N2O.ClH/c1-6-13(3)15(18)16(20)19-11-17(4,5)14-9-7-8-12(2)10-14;/h7-10,13,15H,6,11,18H2,1-5H3,(H,19,20);1H. The SMILES string of the molecule is CCC(C)C(N)C(=O)NCC(C)(C)c1cccc(C)c1.Cl. The molecule has 3 nitrogen and oxygen atoms in total. The van der Waals surface area contributed by atoms with Crippen molar-refractivity contribution in [1.82, 2.24) is 5.32 Å². The summed E-state index contributed by atoms with van der Waals surface area (Å²) in [6, 6.07) is 7.98. The van der Waals surface area contributed by atoms with Crippen molar-refractivity contribution >= 4 is 18.3 Å². The minimum atomic E-state index is -0.423. The van der Waals surface area contributed by atoms with Crippen molar-refractivity contribution in [2.24, 2.45) is 11.7 Å². The molecule has 3 N–H and O–H groups in total. The van der Waals surface area contributed by atoms with Crippen LogP contribution in [0.1, 0.15) is 45.2 Å². The molecule has 0 aliphatic carbocycles. The molecule has 0 saturated heterocycles. The number of hydrogen-bond acceptors (Lipinski definition) is 2. The van der Waals surface area contributed by atoms with Gasteiger partial charge in [-0.05, 0) is 18.4 Å². The van der Waals surface area contributed by atoms with Gasteiger partial charge in [0.15, 0.2) is 0 Å². The summed E-state index contributed by atoms with van der Waals surface area (Å²) in [5, 5.41) is 2.99. The number of rotatable bonds is 6. The number of halogens is 1. The third-order valence-electron chi connectivity index (χ3n) is 4.06. The second-order valence-electron chi connectivity index (χ2n) is 6.38. The fourth-order valence-electron chi connectivity index (χ4n) is 2.11. The molecule has 4 heteroatoms. The van der Waals surface area contributed by atoms with Crippen LogP contribution in [-0.4, -0.2) is 18.5 Å². The average molecular weight is 313 g/mol.